The van der Waals surface area contributed by atoms with Gasteiger partial charge in [0.25, 0.3) is 0 Å². The summed E-state index contributed by atoms with van der Waals surface area (Å²) < 4.78 is 11.3. The molecule has 1 saturated heterocycles. The van der Waals surface area contributed by atoms with Crippen LogP contribution in [0.5, 0.6) is 0 Å². The monoisotopic (exact) mass is 325 g/mol. The number of amides is 1. The van der Waals surface area contributed by atoms with E-state index in [-0.39, 0.29) is 18.1 Å². The smallest absolute Gasteiger partial charge is 0.409 e. The molecule has 4 nitrogen and oxygen atoms in total. The Morgan fingerprint density at radius 2 is 1.71 bits per heavy atom. The van der Waals surface area contributed by atoms with Gasteiger partial charge in [0.2, 0.25) is 0 Å². The maximum absolute atomic E-state index is 12.1. The van der Waals surface area contributed by atoms with Gasteiger partial charge in [-0.15, -0.1) is 0 Å². The highest BCUT2D eigenvalue weighted by Crippen LogP contribution is 2.30. The molecule has 0 aromatic heterocycles. The van der Waals surface area contributed by atoms with Crippen molar-refractivity contribution >= 4 is 6.09 Å². The molecule has 2 aromatic carbocycles. The minimum absolute atomic E-state index is 0.0305. The molecule has 0 aliphatic carbocycles. The number of nitrogens with zero attached hydrogens (tertiary/aromatic N) is 1. The highest BCUT2D eigenvalue weighted by Gasteiger charge is 2.37. The molecule has 2 atom stereocenters. The largest absolute Gasteiger partial charge is 0.450 e. The first-order valence-corrected chi connectivity index (χ1v) is 8.40. The van der Waals surface area contributed by atoms with E-state index < -0.39 is 0 Å². The fourth-order valence-electron chi connectivity index (χ4n) is 3.10. The molecule has 3 rings (SSSR count). The Bertz CT molecular complexity index is 644. The standard InChI is InChI=1S/C20H23NO3/c1-2-23-20(22)21-13-18(17-11-7-4-8-12-17)19(14-21)24-15-16-9-5-3-6-10-16/h3-12,18-19H,2,13-15H2,1H3. The van der Waals surface area contributed by atoms with Crippen molar-refractivity contribution in [1.29, 1.82) is 0 Å². The Labute approximate surface area is 143 Å². The number of likely N-dealkylation sites (tertiary alicyclic amines) is 1. The number of hydrogen-bond donors (Lipinski definition) is 0. The number of rotatable bonds is 5. The van der Waals surface area contributed by atoms with Crippen LogP contribution in [0.25, 0.3) is 0 Å². The maximum Gasteiger partial charge on any atom is 0.409 e. The normalized spacial score (nSPS) is 20.1. The molecule has 0 radical (unpaired) electrons. The summed E-state index contributed by atoms with van der Waals surface area (Å²) in [4.78, 5) is 13.8. The van der Waals surface area contributed by atoms with Gasteiger partial charge in [0.1, 0.15) is 0 Å². The van der Waals surface area contributed by atoms with Gasteiger partial charge in [-0.25, -0.2) is 4.79 Å². The average molecular weight is 325 g/mol. The van der Waals surface area contributed by atoms with Gasteiger partial charge in [-0.2, -0.15) is 0 Å². The number of carbonyl (C=O) groups excluding carboxylic acids is 1. The lowest BCUT2D eigenvalue weighted by molar-refractivity contribution is 0.0360. The van der Waals surface area contributed by atoms with Crippen molar-refractivity contribution in [2.45, 2.75) is 25.6 Å². The predicted molar refractivity (Wildman–Crippen MR) is 92.8 cm³/mol. The molecule has 1 aliphatic rings. The highest BCUT2D eigenvalue weighted by atomic mass is 16.6. The van der Waals surface area contributed by atoms with Crippen LogP contribution in [0.15, 0.2) is 60.7 Å². The van der Waals surface area contributed by atoms with Gasteiger partial charge in [0, 0.05) is 12.5 Å². The molecule has 126 valence electrons. The summed E-state index contributed by atoms with van der Waals surface area (Å²) in [6.07, 6.45) is -0.291. The zero-order valence-electron chi connectivity index (χ0n) is 13.9. The number of ether oxygens (including phenoxy) is 2. The van der Waals surface area contributed by atoms with Crippen LogP contribution in [0.3, 0.4) is 0 Å². The Balaban J connectivity index is 1.71. The summed E-state index contributed by atoms with van der Waals surface area (Å²) in [5.41, 5.74) is 2.33. The van der Waals surface area contributed by atoms with Crippen molar-refractivity contribution in [2.24, 2.45) is 0 Å². The van der Waals surface area contributed by atoms with Crippen LogP contribution in [0.1, 0.15) is 24.0 Å². The van der Waals surface area contributed by atoms with Crippen LogP contribution < -0.4 is 0 Å². The van der Waals surface area contributed by atoms with Crippen LogP contribution in [-0.4, -0.2) is 36.8 Å². The Morgan fingerprint density at radius 1 is 1.04 bits per heavy atom. The summed E-state index contributed by atoms with van der Waals surface area (Å²) in [6.45, 7) is 3.95. The molecule has 1 fully saturated rings. The predicted octanol–water partition coefficient (Wildman–Crippen LogP) is 3.83. The number of carbonyl (C=O) groups is 1. The van der Waals surface area contributed by atoms with E-state index >= 15 is 0 Å². The van der Waals surface area contributed by atoms with Crippen LogP contribution in [0, 0.1) is 0 Å². The van der Waals surface area contributed by atoms with Crippen LogP contribution >= 0.6 is 0 Å². The van der Waals surface area contributed by atoms with Crippen molar-refractivity contribution in [3.63, 3.8) is 0 Å². The molecule has 24 heavy (non-hydrogen) atoms. The highest BCUT2D eigenvalue weighted by molar-refractivity contribution is 5.68. The fourth-order valence-corrected chi connectivity index (χ4v) is 3.10. The lowest BCUT2D eigenvalue weighted by atomic mass is 9.96. The van der Waals surface area contributed by atoms with E-state index in [1.54, 1.807) is 4.90 Å². The van der Waals surface area contributed by atoms with Crippen molar-refractivity contribution in [1.82, 2.24) is 4.90 Å². The van der Waals surface area contributed by atoms with Gasteiger partial charge in [-0.1, -0.05) is 60.7 Å². The lowest BCUT2D eigenvalue weighted by Gasteiger charge is -2.19. The van der Waals surface area contributed by atoms with Crippen molar-refractivity contribution < 1.29 is 14.3 Å². The second-order valence-corrected chi connectivity index (χ2v) is 5.96. The van der Waals surface area contributed by atoms with E-state index in [1.165, 1.54) is 5.56 Å². The topological polar surface area (TPSA) is 38.8 Å². The van der Waals surface area contributed by atoms with E-state index in [0.29, 0.717) is 26.3 Å². The van der Waals surface area contributed by atoms with Gasteiger partial charge in [-0.05, 0) is 18.1 Å². The molecule has 0 N–H and O–H groups in total. The van der Waals surface area contributed by atoms with E-state index in [0.717, 1.165) is 5.56 Å². The van der Waals surface area contributed by atoms with E-state index in [1.807, 2.05) is 43.3 Å². The second-order valence-electron chi connectivity index (χ2n) is 5.96. The van der Waals surface area contributed by atoms with Gasteiger partial charge in [0.15, 0.2) is 0 Å². The zero-order chi connectivity index (χ0) is 16.8. The van der Waals surface area contributed by atoms with E-state index in [2.05, 4.69) is 24.3 Å². The molecule has 2 unspecified atom stereocenters. The Morgan fingerprint density at radius 3 is 2.38 bits per heavy atom. The van der Waals surface area contributed by atoms with Crippen molar-refractivity contribution in [3.05, 3.63) is 71.8 Å². The lowest BCUT2D eigenvalue weighted by Crippen LogP contribution is -2.30. The van der Waals surface area contributed by atoms with Gasteiger partial charge < -0.3 is 14.4 Å². The molecule has 0 saturated carbocycles. The molecule has 4 heteroatoms. The zero-order valence-corrected chi connectivity index (χ0v) is 13.9. The Kier molecular flexibility index (Phi) is 5.49. The quantitative estimate of drug-likeness (QED) is 0.839. The third-order valence-corrected chi connectivity index (χ3v) is 4.33. The van der Waals surface area contributed by atoms with Gasteiger partial charge in [0.05, 0.1) is 25.9 Å². The van der Waals surface area contributed by atoms with Crippen LogP contribution in [0.2, 0.25) is 0 Å². The van der Waals surface area contributed by atoms with Crippen molar-refractivity contribution in [3.8, 4) is 0 Å². The van der Waals surface area contributed by atoms with Gasteiger partial charge in [-0.3, -0.25) is 0 Å². The first-order valence-electron chi connectivity index (χ1n) is 8.40. The minimum atomic E-state index is -0.260. The SMILES string of the molecule is CCOC(=O)N1CC(OCc2ccccc2)C(c2ccccc2)C1. The average Bonchev–Trinajstić information content (AvgIpc) is 3.06. The summed E-state index contributed by atoms with van der Waals surface area (Å²) >= 11 is 0. The van der Waals surface area contributed by atoms with Crippen LogP contribution in [-0.2, 0) is 16.1 Å². The summed E-state index contributed by atoms with van der Waals surface area (Å²) in [7, 11) is 0. The summed E-state index contributed by atoms with van der Waals surface area (Å²) in [5.74, 6) is 0.166. The molecule has 1 amide bonds. The molecule has 1 aliphatic heterocycles. The fraction of sp³-hybridized carbons (Fsp3) is 0.350. The minimum Gasteiger partial charge on any atom is -0.450 e. The van der Waals surface area contributed by atoms with Crippen LogP contribution in [0.4, 0.5) is 4.79 Å². The molecule has 0 spiro atoms. The summed E-state index contributed by atoms with van der Waals surface area (Å²) in [6, 6.07) is 20.4. The third kappa shape index (κ3) is 3.95. The molecule has 1 heterocycles. The third-order valence-electron chi connectivity index (χ3n) is 4.33. The van der Waals surface area contributed by atoms with Crippen molar-refractivity contribution in [2.75, 3.05) is 19.7 Å². The van der Waals surface area contributed by atoms with E-state index in [9.17, 15) is 4.79 Å². The number of benzene rings is 2. The first kappa shape index (κ1) is 16.5. The summed E-state index contributed by atoms with van der Waals surface area (Å²) in [5, 5.41) is 0. The number of hydrogen-bond acceptors (Lipinski definition) is 3. The van der Waals surface area contributed by atoms with Gasteiger partial charge >= 0.3 is 6.09 Å². The van der Waals surface area contributed by atoms with E-state index in [4.69, 9.17) is 9.47 Å². The maximum atomic E-state index is 12.1. The molecular weight excluding hydrogens is 302 g/mol. The molecule has 0 bridgehead atoms. The first-order chi connectivity index (χ1) is 11.8. The molecule has 2 aromatic rings. The Hall–Kier alpha value is -2.33. The molecular formula is C20H23NO3. The second kappa shape index (κ2) is 7.97.